The first-order valence-corrected chi connectivity index (χ1v) is 18.6. The lowest BCUT2D eigenvalue weighted by molar-refractivity contribution is 0.0872. The zero-order chi connectivity index (χ0) is 30.8. The fourth-order valence-electron chi connectivity index (χ4n) is 4.56. The summed E-state index contributed by atoms with van der Waals surface area (Å²) in [6.07, 6.45) is 3.90. The van der Waals surface area contributed by atoms with Gasteiger partial charge in [-0.05, 0) is 65.7 Å². The van der Waals surface area contributed by atoms with Gasteiger partial charge in [-0.15, -0.1) is 0 Å². The molecular weight excluding hydrogens is 566 g/mol. The van der Waals surface area contributed by atoms with E-state index in [4.69, 9.17) is 28.9 Å². The van der Waals surface area contributed by atoms with Crippen molar-refractivity contribution in [2.24, 2.45) is 0 Å². The Kier molecular flexibility index (Phi) is 10.6. The molecule has 228 valence electrons. The molecule has 0 unspecified atom stereocenters. The highest BCUT2D eigenvalue weighted by molar-refractivity contribution is 6.76. The number of benzene rings is 3. The van der Waals surface area contributed by atoms with Gasteiger partial charge in [-0.1, -0.05) is 62.1 Å². The highest BCUT2D eigenvalue weighted by Gasteiger charge is 2.15. The van der Waals surface area contributed by atoms with Gasteiger partial charge in [-0.2, -0.15) is 0 Å². The fourth-order valence-corrected chi connectivity index (χ4v) is 5.32. The molecule has 0 radical (unpaired) electrons. The Labute approximate surface area is 261 Å². The van der Waals surface area contributed by atoms with Crippen molar-refractivity contribution < 1.29 is 18.9 Å². The summed E-state index contributed by atoms with van der Waals surface area (Å²) in [4.78, 5) is 9.68. The van der Waals surface area contributed by atoms with Crippen LogP contribution < -0.4 is 9.47 Å². The second-order valence-electron chi connectivity index (χ2n) is 11.9. The topological polar surface area (TPSA) is 67.6 Å². The number of hydrogen-bond acceptors (Lipinski definition) is 6. The maximum atomic E-state index is 6.09. The Hall–Kier alpha value is -4.24. The van der Waals surface area contributed by atoms with Crippen molar-refractivity contribution in [3.05, 3.63) is 120 Å². The van der Waals surface area contributed by atoms with E-state index in [1.165, 1.54) is 0 Å². The van der Waals surface area contributed by atoms with Crippen LogP contribution >= 0.6 is 0 Å². The Morgan fingerprint density at radius 1 is 0.705 bits per heavy atom. The smallest absolute Gasteiger partial charge is 0.143 e. The first kappa shape index (κ1) is 31.2. The molecule has 0 aliphatic carbocycles. The summed E-state index contributed by atoms with van der Waals surface area (Å²) in [6.45, 7) is 9.70. The van der Waals surface area contributed by atoms with Gasteiger partial charge in [-0.25, -0.2) is 4.98 Å². The average Bonchev–Trinajstić information content (AvgIpc) is 3.45. The van der Waals surface area contributed by atoms with Gasteiger partial charge >= 0.3 is 0 Å². The number of imidazole rings is 1. The van der Waals surface area contributed by atoms with Crippen LogP contribution in [-0.2, 0) is 36.0 Å². The molecule has 0 bridgehead atoms. The Morgan fingerprint density at radius 2 is 1.41 bits per heavy atom. The first-order chi connectivity index (χ1) is 21.4. The number of pyridine rings is 1. The summed E-state index contributed by atoms with van der Waals surface area (Å²) in [7, 11) is 0.488. The molecule has 2 heterocycles. The molecule has 8 heteroatoms. The highest BCUT2D eigenvalue weighted by Crippen LogP contribution is 2.25. The van der Waals surface area contributed by atoms with Gasteiger partial charge in [0.2, 0.25) is 0 Å². The molecule has 0 aliphatic heterocycles. The van der Waals surface area contributed by atoms with Crippen LogP contribution in [0.25, 0.3) is 22.6 Å². The summed E-state index contributed by atoms with van der Waals surface area (Å²) in [5.41, 5.74) is 5.90. The molecule has 0 atom stereocenters. The summed E-state index contributed by atoms with van der Waals surface area (Å²) >= 11 is 0. The minimum absolute atomic E-state index is 0.419. The van der Waals surface area contributed by atoms with E-state index in [9.17, 15) is 0 Å². The molecule has 0 spiro atoms. The van der Waals surface area contributed by atoms with Crippen LogP contribution in [0.5, 0.6) is 11.5 Å². The standard InChI is InChI=1S/C36H41N3O4Si/c1-40-33-15-10-29(11-16-33)25-43-34-17-12-30(13-18-34)35-19-14-31(22-37-35)36-38-32(26-42-24-28-8-6-5-7-9-28)23-39(36)27-41-20-21-44(2,3)4/h5-19,22-23H,20-21,24-27H2,1-4H3. The molecule has 5 aromatic rings. The lowest BCUT2D eigenvalue weighted by Crippen LogP contribution is -2.22. The van der Waals surface area contributed by atoms with E-state index in [2.05, 4.69) is 42.4 Å². The zero-order valence-corrected chi connectivity index (χ0v) is 27.0. The second-order valence-corrected chi connectivity index (χ2v) is 17.6. The van der Waals surface area contributed by atoms with E-state index in [1.807, 2.05) is 85.2 Å². The van der Waals surface area contributed by atoms with Crippen molar-refractivity contribution >= 4 is 8.07 Å². The maximum absolute atomic E-state index is 6.09. The molecule has 0 fully saturated rings. The summed E-state index contributed by atoms with van der Waals surface area (Å²) < 4.78 is 25.3. The molecule has 2 aromatic heterocycles. The van der Waals surface area contributed by atoms with Gasteiger partial charge in [0.15, 0.2) is 0 Å². The summed E-state index contributed by atoms with van der Waals surface area (Å²) in [6, 6.07) is 31.3. The van der Waals surface area contributed by atoms with E-state index in [0.29, 0.717) is 26.6 Å². The van der Waals surface area contributed by atoms with Gasteiger partial charge in [0.1, 0.15) is 30.7 Å². The van der Waals surface area contributed by atoms with E-state index < -0.39 is 8.07 Å². The third-order valence-corrected chi connectivity index (χ3v) is 8.86. The monoisotopic (exact) mass is 607 g/mol. The van der Waals surface area contributed by atoms with Gasteiger partial charge in [0.25, 0.3) is 0 Å². The molecule has 44 heavy (non-hydrogen) atoms. The number of rotatable bonds is 15. The average molecular weight is 608 g/mol. The van der Waals surface area contributed by atoms with Crippen LogP contribution in [-0.4, -0.2) is 36.3 Å². The fraction of sp³-hybridized carbons (Fsp3) is 0.278. The molecule has 0 aliphatic rings. The van der Waals surface area contributed by atoms with Crippen LogP contribution in [0.1, 0.15) is 16.8 Å². The van der Waals surface area contributed by atoms with Gasteiger partial charge in [-0.3, -0.25) is 4.98 Å². The van der Waals surface area contributed by atoms with Crippen molar-refractivity contribution in [1.82, 2.24) is 14.5 Å². The number of aromatic nitrogens is 3. The second kappa shape index (κ2) is 15.0. The summed E-state index contributed by atoms with van der Waals surface area (Å²) in [5.74, 6) is 2.46. The zero-order valence-electron chi connectivity index (χ0n) is 26.0. The Balaban J connectivity index is 1.24. The van der Waals surface area contributed by atoms with E-state index in [-0.39, 0.29) is 0 Å². The minimum atomic E-state index is -1.18. The van der Waals surface area contributed by atoms with Gasteiger partial charge in [0.05, 0.1) is 31.7 Å². The predicted octanol–water partition coefficient (Wildman–Crippen LogP) is 8.23. The van der Waals surface area contributed by atoms with Crippen LogP contribution in [0.3, 0.4) is 0 Å². The molecule has 0 saturated heterocycles. The number of hydrogen-bond donors (Lipinski definition) is 0. The van der Waals surface area contributed by atoms with Crippen LogP contribution in [0.15, 0.2) is 103 Å². The molecule has 0 amide bonds. The molecule has 3 aromatic carbocycles. The minimum Gasteiger partial charge on any atom is -0.497 e. The number of ether oxygens (including phenoxy) is 4. The van der Waals surface area contributed by atoms with Gasteiger partial charge < -0.3 is 23.5 Å². The number of nitrogens with zero attached hydrogens (tertiary/aromatic N) is 3. The predicted molar refractivity (Wildman–Crippen MR) is 177 cm³/mol. The Bertz CT molecular complexity index is 1580. The highest BCUT2D eigenvalue weighted by atomic mass is 28.3. The summed E-state index contributed by atoms with van der Waals surface area (Å²) in [5, 5.41) is 0. The van der Waals surface area contributed by atoms with E-state index in [0.717, 1.165) is 63.6 Å². The quantitative estimate of drug-likeness (QED) is 0.0882. The van der Waals surface area contributed by atoms with Crippen LogP contribution in [0, 0.1) is 0 Å². The lowest BCUT2D eigenvalue weighted by Gasteiger charge is -2.16. The molecule has 0 saturated carbocycles. The van der Waals surface area contributed by atoms with E-state index in [1.54, 1.807) is 7.11 Å². The van der Waals surface area contributed by atoms with Crippen molar-refractivity contribution in [3.63, 3.8) is 0 Å². The van der Waals surface area contributed by atoms with Gasteiger partial charge in [0, 0.05) is 38.2 Å². The number of methoxy groups -OCH3 is 1. The van der Waals surface area contributed by atoms with Crippen molar-refractivity contribution in [2.45, 2.75) is 52.2 Å². The SMILES string of the molecule is COc1ccc(COc2ccc(-c3ccc(-c4nc(COCc5ccccc5)cn4COCC[Si](C)(C)C)cn3)cc2)cc1. The molecule has 5 rings (SSSR count). The lowest BCUT2D eigenvalue weighted by atomic mass is 10.1. The largest absolute Gasteiger partial charge is 0.497 e. The van der Waals surface area contributed by atoms with E-state index >= 15 is 0 Å². The molecular formula is C36H41N3O4Si. The third kappa shape index (κ3) is 9.13. The van der Waals surface area contributed by atoms with Crippen LogP contribution in [0.2, 0.25) is 25.7 Å². The Morgan fingerprint density at radius 3 is 2.09 bits per heavy atom. The molecule has 7 nitrogen and oxygen atoms in total. The van der Waals surface area contributed by atoms with Crippen molar-refractivity contribution in [3.8, 4) is 34.1 Å². The normalized spacial score (nSPS) is 11.5. The third-order valence-electron chi connectivity index (χ3n) is 7.15. The van der Waals surface area contributed by atoms with Crippen molar-refractivity contribution in [2.75, 3.05) is 13.7 Å². The molecule has 0 N–H and O–H groups in total. The van der Waals surface area contributed by atoms with Crippen molar-refractivity contribution in [1.29, 1.82) is 0 Å². The maximum Gasteiger partial charge on any atom is 0.143 e. The van der Waals surface area contributed by atoms with Crippen LogP contribution in [0.4, 0.5) is 0 Å². The first-order valence-electron chi connectivity index (χ1n) is 14.9.